The molecule has 2 rings (SSSR count). The summed E-state index contributed by atoms with van der Waals surface area (Å²) in [6.07, 6.45) is -4.85. The standard InChI is InChI=1S/C11H6ClF4NO3/c12-6-3-5-8(4-7(6)13)17(10(19)9(5)18)1-2-20-11(14,15)16/h3-4H,1-2H2. The number of alkyl halides is 3. The number of carbonyl (C=O) groups is 2. The zero-order chi connectivity index (χ0) is 15.1. The molecule has 1 heterocycles. The zero-order valence-electron chi connectivity index (χ0n) is 9.63. The number of fused-ring (bicyclic) bond motifs is 1. The number of nitrogens with zero attached hydrogens (tertiary/aromatic N) is 1. The summed E-state index contributed by atoms with van der Waals surface area (Å²) in [5.41, 5.74) is -0.263. The van der Waals surface area contributed by atoms with E-state index in [2.05, 4.69) is 4.74 Å². The second-order valence-corrected chi connectivity index (χ2v) is 4.27. The quantitative estimate of drug-likeness (QED) is 0.636. The molecule has 0 saturated heterocycles. The van der Waals surface area contributed by atoms with Crippen molar-refractivity contribution < 1.29 is 31.9 Å². The van der Waals surface area contributed by atoms with Gasteiger partial charge in [-0.3, -0.25) is 14.3 Å². The lowest BCUT2D eigenvalue weighted by Crippen LogP contribution is -2.34. The third kappa shape index (κ3) is 2.75. The first kappa shape index (κ1) is 14.7. The van der Waals surface area contributed by atoms with E-state index in [0.29, 0.717) is 0 Å². The first-order valence-corrected chi connectivity index (χ1v) is 5.64. The van der Waals surface area contributed by atoms with Crippen LogP contribution in [0.2, 0.25) is 5.02 Å². The van der Waals surface area contributed by atoms with Gasteiger partial charge in [0.25, 0.3) is 11.7 Å². The van der Waals surface area contributed by atoms with E-state index in [1.54, 1.807) is 0 Å². The van der Waals surface area contributed by atoms with E-state index in [1.807, 2.05) is 0 Å². The van der Waals surface area contributed by atoms with Crippen LogP contribution in [0.25, 0.3) is 0 Å². The minimum absolute atomic E-state index is 0.118. The maximum Gasteiger partial charge on any atom is 0.522 e. The number of benzene rings is 1. The highest BCUT2D eigenvalue weighted by molar-refractivity contribution is 6.52. The summed E-state index contributed by atoms with van der Waals surface area (Å²) >= 11 is 5.49. The van der Waals surface area contributed by atoms with Gasteiger partial charge < -0.3 is 4.90 Å². The smallest absolute Gasteiger partial charge is 0.302 e. The lowest BCUT2D eigenvalue weighted by Gasteiger charge is -2.17. The third-order valence-corrected chi connectivity index (χ3v) is 2.88. The van der Waals surface area contributed by atoms with Gasteiger partial charge in [-0.05, 0) is 12.1 Å². The van der Waals surface area contributed by atoms with Gasteiger partial charge in [-0.15, -0.1) is 13.2 Å². The molecule has 0 radical (unpaired) electrons. The Morgan fingerprint density at radius 2 is 1.90 bits per heavy atom. The van der Waals surface area contributed by atoms with Crippen LogP contribution in [0.5, 0.6) is 0 Å². The fraction of sp³-hybridized carbons (Fsp3) is 0.273. The van der Waals surface area contributed by atoms with Crippen molar-refractivity contribution in [2.24, 2.45) is 0 Å². The average molecular weight is 312 g/mol. The van der Waals surface area contributed by atoms with Crippen LogP contribution in [0.3, 0.4) is 0 Å². The number of rotatable bonds is 3. The monoisotopic (exact) mass is 311 g/mol. The molecule has 0 spiro atoms. The number of ketones is 1. The molecular formula is C11H6ClF4NO3. The number of carbonyl (C=O) groups excluding carboxylic acids is 2. The molecule has 0 saturated carbocycles. The summed E-state index contributed by atoms with van der Waals surface area (Å²) in [4.78, 5) is 23.9. The second-order valence-electron chi connectivity index (χ2n) is 3.86. The Hall–Kier alpha value is -1.67. The van der Waals surface area contributed by atoms with Crippen LogP contribution in [-0.4, -0.2) is 31.2 Å². The number of halogens is 5. The number of Topliss-reactive ketones (excluding diaryl/α,β-unsaturated/α-hetero) is 1. The fourth-order valence-electron chi connectivity index (χ4n) is 1.76. The van der Waals surface area contributed by atoms with Crippen LogP contribution in [0.15, 0.2) is 12.1 Å². The van der Waals surface area contributed by atoms with Crippen LogP contribution in [0.1, 0.15) is 10.4 Å². The molecule has 1 aliphatic heterocycles. The molecule has 108 valence electrons. The SMILES string of the molecule is O=C1C(=O)N(CCOC(F)(F)F)c2cc(F)c(Cl)cc21. The Labute approximate surface area is 114 Å². The van der Waals surface area contributed by atoms with Gasteiger partial charge in [0.1, 0.15) is 5.82 Å². The fourth-order valence-corrected chi connectivity index (χ4v) is 1.93. The lowest BCUT2D eigenvalue weighted by molar-refractivity contribution is -0.323. The summed E-state index contributed by atoms with van der Waals surface area (Å²) in [5.74, 6) is -2.88. The van der Waals surface area contributed by atoms with Crippen molar-refractivity contribution >= 4 is 29.0 Å². The van der Waals surface area contributed by atoms with Gasteiger partial charge in [0.2, 0.25) is 0 Å². The molecule has 4 nitrogen and oxygen atoms in total. The normalized spacial score (nSPS) is 14.9. The Morgan fingerprint density at radius 1 is 1.25 bits per heavy atom. The van der Waals surface area contributed by atoms with Gasteiger partial charge in [-0.25, -0.2) is 4.39 Å². The van der Waals surface area contributed by atoms with Gasteiger partial charge in [-0.2, -0.15) is 0 Å². The van der Waals surface area contributed by atoms with Crippen LogP contribution in [-0.2, 0) is 9.53 Å². The third-order valence-electron chi connectivity index (χ3n) is 2.59. The van der Waals surface area contributed by atoms with Crippen molar-refractivity contribution in [3.8, 4) is 0 Å². The first-order valence-electron chi connectivity index (χ1n) is 5.26. The highest BCUT2D eigenvalue weighted by Gasteiger charge is 2.37. The zero-order valence-corrected chi connectivity index (χ0v) is 10.4. The molecule has 0 bridgehead atoms. The number of hydrogen-bond acceptors (Lipinski definition) is 3. The van der Waals surface area contributed by atoms with Gasteiger partial charge in [0.05, 0.1) is 29.4 Å². The van der Waals surface area contributed by atoms with Gasteiger partial charge in [0.15, 0.2) is 0 Å². The highest BCUT2D eigenvalue weighted by atomic mass is 35.5. The Kier molecular flexibility index (Phi) is 3.70. The average Bonchev–Trinajstić information content (AvgIpc) is 2.54. The van der Waals surface area contributed by atoms with Crippen molar-refractivity contribution in [1.82, 2.24) is 0 Å². The number of anilines is 1. The Balaban J connectivity index is 2.22. The topological polar surface area (TPSA) is 46.6 Å². The molecule has 0 fully saturated rings. The van der Waals surface area contributed by atoms with Gasteiger partial charge in [0, 0.05) is 0 Å². The molecule has 9 heteroatoms. The van der Waals surface area contributed by atoms with Gasteiger partial charge in [-0.1, -0.05) is 11.6 Å². The first-order chi connectivity index (χ1) is 9.20. The summed E-state index contributed by atoms with van der Waals surface area (Å²) in [6, 6.07) is 1.80. The van der Waals surface area contributed by atoms with Crippen LogP contribution < -0.4 is 4.90 Å². The van der Waals surface area contributed by atoms with Crippen molar-refractivity contribution in [3.05, 3.63) is 28.5 Å². The Bertz CT molecular complexity index is 588. The largest absolute Gasteiger partial charge is 0.522 e. The summed E-state index contributed by atoms with van der Waals surface area (Å²) < 4.78 is 52.4. The van der Waals surface area contributed by atoms with E-state index < -0.39 is 37.0 Å². The minimum atomic E-state index is -4.85. The van der Waals surface area contributed by atoms with Crippen LogP contribution in [0.4, 0.5) is 23.2 Å². The predicted octanol–water partition coefficient (Wildman–Crippen LogP) is 2.54. The molecule has 0 aliphatic carbocycles. The Morgan fingerprint density at radius 3 is 2.50 bits per heavy atom. The maximum absolute atomic E-state index is 13.3. The van der Waals surface area contributed by atoms with E-state index in [9.17, 15) is 27.2 Å². The molecule has 20 heavy (non-hydrogen) atoms. The number of ether oxygens (including phenoxy) is 1. The molecule has 1 aromatic rings. The maximum atomic E-state index is 13.3. The molecule has 0 N–H and O–H groups in total. The minimum Gasteiger partial charge on any atom is -0.302 e. The molecule has 0 unspecified atom stereocenters. The van der Waals surface area contributed by atoms with E-state index in [-0.39, 0.29) is 16.3 Å². The second kappa shape index (κ2) is 5.02. The molecule has 1 aliphatic rings. The molecule has 1 amide bonds. The molecular weight excluding hydrogens is 306 g/mol. The molecule has 1 aromatic carbocycles. The summed E-state index contributed by atoms with van der Waals surface area (Å²) in [5, 5.41) is -0.349. The van der Waals surface area contributed by atoms with Crippen LogP contribution in [0, 0.1) is 5.82 Å². The van der Waals surface area contributed by atoms with E-state index in [0.717, 1.165) is 17.0 Å². The molecule has 0 atom stereocenters. The molecule has 0 aromatic heterocycles. The highest BCUT2D eigenvalue weighted by Crippen LogP contribution is 2.33. The van der Waals surface area contributed by atoms with E-state index >= 15 is 0 Å². The van der Waals surface area contributed by atoms with Crippen molar-refractivity contribution in [3.63, 3.8) is 0 Å². The van der Waals surface area contributed by atoms with Gasteiger partial charge >= 0.3 is 6.36 Å². The van der Waals surface area contributed by atoms with Crippen molar-refractivity contribution in [2.45, 2.75) is 6.36 Å². The van der Waals surface area contributed by atoms with E-state index in [1.165, 1.54) is 0 Å². The predicted molar refractivity (Wildman–Crippen MR) is 60.1 cm³/mol. The number of amides is 1. The lowest BCUT2D eigenvalue weighted by atomic mass is 10.1. The van der Waals surface area contributed by atoms with Crippen LogP contribution >= 0.6 is 11.6 Å². The van der Waals surface area contributed by atoms with Crippen molar-refractivity contribution in [2.75, 3.05) is 18.1 Å². The van der Waals surface area contributed by atoms with E-state index in [4.69, 9.17) is 11.6 Å². The number of hydrogen-bond donors (Lipinski definition) is 0. The summed E-state index contributed by atoms with van der Waals surface area (Å²) in [7, 11) is 0. The summed E-state index contributed by atoms with van der Waals surface area (Å²) in [6.45, 7) is -1.40. The van der Waals surface area contributed by atoms with Crippen molar-refractivity contribution in [1.29, 1.82) is 0 Å².